The zero-order valence-electron chi connectivity index (χ0n) is 11.7. The number of nitrogen functional groups attached to an aromatic ring is 1. The molecule has 2 rings (SSSR count). The Morgan fingerprint density at radius 2 is 2.00 bits per heavy atom. The summed E-state index contributed by atoms with van der Waals surface area (Å²) >= 11 is 0. The summed E-state index contributed by atoms with van der Waals surface area (Å²) in [7, 11) is 3.46. The number of methoxy groups -OCH3 is 1. The van der Waals surface area contributed by atoms with Crippen LogP contribution in [0.5, 0.6) is 0 Å². The minimum atomic E-state index is -0.378. The molecular weight excluding hydrogens is 240 g/mol. The summed E-state index contributed by atoms with van der Waals surface area (Å²) in [5.41, 5.74) is 7.77. The van der Waals surface area contributed by atoms with Gasteiger partial charge in [0.25, 0.3) is 0 Å². The smallest absolute Gasteiger partial charge is 0.340 e. The molecule has 19 heavy (non-hydrogen) atoms. The zero-order chi connectivity index (χ0) is 13.8. The van der Waals surface area contributed by atoms with Crippen LogP contribution in [-0.2, 0) is 4.74 Å². The van der Waals surface area contributed by atoms with E-state index in [-0.39, 0.29) is 5.97 Å². The van der Waals surface area contributed by atoms with Crippen LogP contribution in [-0.4, -0.2) is 26.2 Å². The number of rotatable bonds is 3. The average Bonchev–Trinajstić information content (AvgIpc) is 2.47. The largest absolute Gasteiger partial charge is 0.465 e. The molecule has 0 heterocycles. The lowest BCUT2D eigenvalue weighted by Gasteiger charge is -2.33. The first-order valence-corrected chi connectivity index (χ1v) is 6.84. The number of nitrogens with zero attached hydrogens (tertiary/aromatic N) is 1. The lowest BCUT2D eigenvalue weighted by molar-refractivity contribution is 0.0602. The molecule has 1 aromatic rings. The van der Waals surface area contributed by atoms with Gasteiger partial charge in [-0.2, -0.15) is 0 Å². The Kier molecular flexibility index (Phi) is 4.30. The highest BCUT2D eigenvalue weighted by Gasteiger charge is 2.20. The molecule has 104 valence electrons. The van der Waals surface area contributed by atoms with Gasteiger partial charge in [-0.15, -0.1) is 0 Å². The standard InChI is InChI=1S/C15H22N2O2/c1-17(11-6-4-3-5-7-11)12-8-9-14(16)13(10-12)15(18)19-2/h8-11H,3-7,16H2,1-2H3. The predicted molar refractivity (Wildman–Crippen MR) is 77.5 cm³/mol. The van der Waals surface area contributed by atoms with Crippen LogP contribution in [0.3, 0.4) is 0 Å². The number of carbonyl (C=O) groups is 1. The first-order chi connectivity index (χ1) is 9.13. The number of hydrogen-bond acceptors (Lipinski definition) is 4. The second kappa shape index (κ2) is 5.95. The van der Waals surface area contributed by atoms with Crippen molar-refractivity contribution in [2.45, 2.75) is 38.1 Å². The first kappa shape index (κ1) is 13.7. The van der Waals surface area contributed by atoms with Gasteiger partial charge in [0.2, 0.25) is 0 Å². The summed E-state index contributed by atoms with van der Waals surface area (Å²) in [6.45, 7) is 0. The molecule has 1 aliphatic carbocycles. The summed E-state index contributed by atoms with van der Waals surface area (Å²) in [6, 6.07) is 6.13. The fourth-order valence-corrected chi connectivity index (χ4v) is 2.73. The lowest BCUT2D eigenvalue weighted by atomic mass is 9.94. The lowest BCUT2D eigenvalue weighted by Crippen LogP contribution is -2.33. The van der Waals surface area contributed by atoms with Gasteiger partial charge < -0.3 is 15.4 Å². The van der Waals surface area contributed by atoms with Crippen molar-refractivity contribution in [3.63, 3.8) is 0 Å². The van der Waals surface area contributed by atoms with E-state index in [9.17, 15) is 4.79 Å². The van der Waals surface area contributed by atoms with Crippen LogP contribution in [0.2, 0.25) is 0 Å². The minimum absolute atomic E-state index is 0.378. The topological polar surface area (TPSA) is 55.6 Å². The average molecular weight is 262 g/mol. The van der Waals surface area contributed by atoms with Crippen molar-refractivity contribution in [2.24, 2.45) is 0 Å². The van der Waals surface area contributed by atoms with Gasteiger partial charge in [-0.25, -0.2) is 4.79 Å². The van der Waals surface area contributed by atoms with E-state index in [0.29, 0.717) is 17.3 Å². The summed E-state index contributed by atoms with van der Waals surface area (Å²) < 4.78 is 4.76. The molecule has 2 N–H and O–H groups in total. The van der Waals surface area contributed by atoms with Crippen molar-refractivity contribution >= 4 is 17.3 Å². The van der Waals surface area contributed by atoms with Crippen molar-refractivity contribution in [1.82, 2.24) is 0 Å². The molecule has 0 aliphatic heterocycles. The third-order valence-corrected chi connectivity index (χ3v) is 3.97. The molecule has 1 aliphatic rings. The zero-order valence-corrected chi connectivity index (χ0v) is 11.7. The Bertz CT molecular complexity index is 453. The van der Waals surface area contributed by atoms with Crippen molar-refractivity contribution in [3.05, 3.63) is 23.8 Å². The molecule has 4 heteroatoms. The van der Waals surface area contributed by atoms with Crippen molar-refractivity contribution in [3.8, 4) is 0 Å². The summed E-state index contributed by atoms with van der Waals surface area (Å²) in [5.74, 6) is -0.378. The van der Waals surface area contributed by atoms with Gasteiger partial charge in [-0.1, -0.05) is 19.3 Å². The Labute approximate surface area is 114 Å². The number of carbonyl (C=O) groups excluding carboxylic acids is 1. The fourth-order valence-electron chi connectivity index (χ4n) is 2.73. The molecular formula is C15H22N2O2. The number of ether oxygens (including phenoxy) is 1. The minimum Gasteiger partial charge on any atom is -0.465 e. The number of nitrogens with two attached hydrogens (primary N) is 1. The summed E-state index contributed by atoms with van der Waals surface area (Å²) in [4.78, 5) is 13.9. The van der Waals surface area contributed by atoms with Crippen molar-refractivity contribution in [2.75, 3.05) is 24.8 Å². The number of benzene rings is 1. The van der Waals surface area contributed by atoms with Crippen LogP contribution in [0.1, 0.15) is 42.5 Å². The molecule has 0 amide bonds. The van der Waals surface area contributed by atoms with Gasteiger partial charge in [0.15, 0.2) is 0 Å². The predicted octanol–water partition coefficient (Wildman–Crippen LogP) is 2.82. The highest BCUT2D eigenvalue weighted by molar-refractivity contribution is 5.96. The van der Waals surface area contributed by atoms with Crippen LogP contribution in [0.4, 0.5) is 11.4 Å². The number of hydrogen-bond donors (Lipinski definition) is 1. The molecule has 4 nitrogen and oxygen atoms in total. The van der Waals surface area contributed by atoms with E-state index in [2.05, 4.69) is 11.9 Å². The molecule has 1 aromatic carbocycles. The van der Waals surface area contributed by atoms with Gasteiger partial charge >= 0.3 is 5.97 Å². The van der Waals surface area contributed by atoms with Gasteiger partial charge in [0.1, 0.15) is 0 Å². The SMILES string of the molecule is COC(=O)c1cc(N(C)C2CCCCC2)ccc1N. The second-order valence-electron chi connectivity index (χ2n) is 5.17. The van der Waals surface area contributed by atoms with Gasteiger partial charge in [0.05, 0.1) is 12.7 Å². The maximum Gasteiger partial charge on any atom is 0.340 e. The first-order valence-electron chi connectivity index (χ1n) is 6.84. The van der Waals surface area contributed by atoms with E-state index >= 15 is 0 Å². The van der Waals surface area contributed by atoms with Crippen LogP contribution in [0, 0.1) is 0 Å². The second-order valence-corrected chi connectivity index (χ2v) is 5.17. The van der Waals surface area contributed by atoms with E-state index in [1.54, 1.807) is 6.07 Å². The summed E-state index contributed by atoms with van der Waals surface area (Å²) in [6.07, 6.45) is 6.34. The molecule has 0 spiro atoms. The Morgan fingerprint density at radius 1 is 1.32 bits per heavy atom. The molecule has 0 unspecified atom stereocenters. The third-order valence-electron chi connectivity index (χ3n) is 3.97. The van der Waals surface area contributed by atoms with Gasteiger partial charge in [-0.05, 0) is 31.0 Å². The third kappa shape index (κ3) is 3.00. The van der Waals surface area contributed by atoms with Gasteiger partial charge in [-0.3, -0.25) is 0 Å². The molecule has 0 saturated heterocycles. The van der Waals surface area contributed by atoms with Crippen LogP contribution < -0.4 is 10.6 Å². The van der Waals surface area contributed by atoms with E-state index in [4.69, 9.17) is 10.5 Å². The number of esters is 1. The Hall–Kier alpha value is -1.71. The monoisotopic (exact) mass is 262 g/mol. The van der Waals surface area contributed by atoms with Crippen LogP contribution in [0.25, 0.3) is 0 Å². The van der Waals surface area contributed by atoms with E-state index in [1.165, 1.54) is 39.2 Å². The molecule has 0 bridgehead atoms. The fraction of sp³-hybridized carbons (Fsp3) is 0.533. The molecule has 1 fully saturated rings. The normalized spacial score (nSPS) is 16.1. The van der Waals surface area contributed by atoms with E-state index in [0.717, 1.165) is 5.69 Å². The van der Waals surface area contributed by atoms with E-state index < -0.39 is 0 Å². The maximum atomic E-state index is 11.7. The highest BCUT2D eigenvalue weighted by atomic mass is 16.5. The molecule has 0 radical (unpaired) electrons. The molecule has 0 aromatic heterocycles. The number of anilines is 2. The summed E-state index contributed by atoms with van der Waals surface area (Å²) in [5, 5.41) is 0. The van der Waals surface area contributed by atoms with Gasteiger partial charge in [0, 0.05) is 24.5 Å². The molecule has 1 saturated carbocycles. The highest BCUT2D eigenvalue weighted by Crippen LogP contribution is 2.28. The van der Waals surface area contributed by atoms with Crippen molar-refractivity contribution < 1.29 is 9.53 Å². The van der Waals surface area contributed by atoms with Crippen LogP contribution in [0.15, 0.2) is 18.2 Å². The molecule has 0 atom stereocenters. The Balaban J connectivity index is 2.21. The van der Waals surface area contributed by atoms with E-state index in [1.807, 2.05) is 12.1 Å². The van der Waals surface area contributed by atoms with Crippen LogP contribution >= 0.6 is 0 Å². The Morgan fingerprint density at radius 3 is 2.63 bits per heavy atom. The van der Waals surface area contributed by atoms with Crippen molar-refractivity contribution in [1.29, 1.82) is 0 Å². The quantitative estimate of drug-likeness (QED) is 0.672. The maximum absolute atomic E-state index is 11.7.